The van der Waals surface area contributed by atoms with Crippen LogP contribution < -0.4 is 11.1 Å². The van der Waals surface area contributed by atoms with Crippen LogP contribution in [0.3, 0.4) is 0 Å². The molecule has 0 radical (unpaired) electrons. The highest BCUT2D eigenvalue weighted by molar-refractivity contribution is 5.76. The molecule has 0 atom stereocenters. The molecule has 0 saturated heterocycles. The Kier molecular flexibility index (Phi) is 7.23. The van der Waals surface area contributed by atoms with Gasteiger partial charge in [0.2, 0.25) is 5.91 Å². The Morgan fingerprint density at radius 2 is 2.00 bits per heavy atom. The van der Waals surface area contributed by atoms with Gasteiger partial charge in [-0.2, -0.15) is 0 Å². The molecule has 1 fully saturated rings. The van der Waals surface area contributed by atoms with E-state index in [1.807, 2.05) is 24.3 Å². The zero-order valence-corrected chi connectivity index (χ0v) is 13.4. The Labute approximate surface area is 133 Å². The molecule has 4 heteroatoms. The van der Waals surface area contributed by atoms with Crippen molar-refractivity contribution in [2.24, 2.45) is 0 Å². The topological polar surface area (TPSA) is 64.4 Å². The highest BCUT2D eigenvalue weighted by atomic mass is 16.5. The summed E-state index contributed by atoms with van der Waals surface area (Å²) in [5.41, 5.74) is 7.67. The molecule has 3 N–H and O–H groups in total. The van der Waals surface area contributed by atoms with Crippen molar-refractivity contribution in [3.8, 4) is 0 Å². The maximum absolute atomic E-state index is 11.8. The van der Waals surface area contributed by atoms with Crippen molar-refractivity contribution in [3.63, 3.8) is 0 Å². The van der Waals surface area contributed by atoms with Gasteiger partial charge in [0, 0.05) is 25.3 Å². The Morgan fingerprint density at radius 3 is 2.77 bits per heavy atom. The first kappa shape index (κ1) is 16.8. The molecule has 0 heterocycles. The molecule has 1 aromatic carbocycles. The lowest BCUT2D eigenvalue weighted by Crippen LogP contribution is -2.26. The lowest BCUT2D eigenvalue weighted by molar-refractivity contribution is -0.121. The van der Waals surface area contributed by atoms with Crippen molar-refractivity contribution in [2.45, 2.75) is 57.5 Å². The first-order valence-corrected chi connectivity index (χ1v) is 8.47. The number of carbonyl (C=O) groups is 1. The molecule has 2 rings (SSSR count). The van der Waals surface area contributed by atoms with Crippen LogP contribution in [0.1, 0.15) is 50.5 Å². The van der Waals surface area contributed by atoms with E-state index in [1.54, 1.807) is 0 Å². The molecule has 22 heavy (non-hydrogen) atoms. The fraction of sp³-hybridized carbons (Fsp3) is 0.611. The van der Waals surface area contributed by atoms with Crippen LogP contribution in [0.4, 0.5) is 5.69 Å². The summed E-state index contributed by atoms with van der Waals surface area (Å²) in [5, 5.41) is 2.95. The number of hydrogen-bond donors (Lipinski definition) is 2. The first-order valence-electron chi connectivity index (χ1n) is 8.47. The van der Waals surface area contributed by atoms with E-state index in [1.165, 1.54) is 32.1 Å². The van der Waals surface area contributed by atoms with E-state index < -0.39 is 0 Å². The van der Waals surface area contributed by atoms with E-state index in [2.05, 4.69) is 5.32 Å². The molecule has 1 saturated carbocycles. The molecule has 4 nitrogen and oxygen atoms in total. The number of nitrogen functional groups attached to an aromatic ring is 1. The quantitative estimate of drug-likeness (QED) is 0.573. The van der Waals surface area contributed by atoms with Crippen LogP contribution >= 0.6 is 0 Å². The fourth-order valence-corrected chi connectivity index (χ4v) is 2.88. The molecule has 122 valence electrons. The van der Waals surface area contributed by atoms with E-state index >= 15 is 0 Å². The Bertz CT molecular complexity index is 456. The molecule has 1 amide bonds. The number of ether oxygens (including phenoxy) is 1. The smallest absolute Gasteiger partial charge is 0.220 e. The van der Waals surface area contributed by atoms with Crippen LogP contribution in [0.2, 0.25) is 0 Å². The maximum atomic E-state index is 11.8. The lowest BCUT2D eigenvalue weighted by Gasteiger charge is -2.21. The Morgan fingerprint density at radius 1 is 1.23 bits per heavy atom. The monoisotopic (exact) mass is 304 g/mol. The van der Waals surface area contributed by atoms with Gasteiger partial charge >= 0.3 is 0 Å². The van der Waals surface area contributed by atoms with Gasteiger partial charge in [-0.25, -0.2) is 0 Å². The molecule has 0 aliphatic heterocycles. The summed E-state index contributed by atoms with van der Waals surface area (Å²) in [7, 11) is 0. The number of nitrogens with one attached hydrogen (secondary N) is 1. The minimum atomic E-state index is 0.0842. The molecular formula is C18H28N2O2. The molecule has 1 aliphatic rings. The third kappa shape index (κ3) is 6.06. The number of aryl methyl sites for hydroxylation is 1. The van der Waals surface area contributed by atoms with Crippen LogP contribution in [0.15, 0.2) is 24.3 Å². The van der Waals surface area contributed by atoms with E-state index in [0.29, 0.717) is 25.5 Å². The van der Waals surface area contributed by atoms with Crippen molar-refractivity contribution in [3.05, 3.63) is 29.8 Å². The summed E-state index contributed by atoms with van der Waals surface area (Å²) in [6, 6.07) is 7.70. The third-order valence-corrected chi connectivity index (χ3v) is 4.23. The average Bonchev–Trinajstić information content (AvgIpc) is 2.55. The number of nitrogens with two attached hydrogens (primary N) is 1. The van der Waals surface area contributed by atoms with E-state index in [-0.39, 0.29) is 5.91 Å². The van der Waals surface area contributed by atoms with Crippen molar-refractivity contribution in [1.29, 1.82) is 0 Å². The van der Waals surface area contributed by atoms with Crippen LogP contribution in [0.5, 0.6) is 0 Å². The number of rotatable bonds is 8. The van der Waals surface area contributed by atoms with Gasteiger partial charge in [-0.1, -0.05) is 37.5 Å². The van der Waals surface area contributed by atoms with Gasteiger partial charge in [0.05, 0.1) is 6.10 Å². The number of carbonyl (C=O) groups excluding carboxylic acids is 1. The van der Waals surface area contributed by atoms with Crippen LogP contribution in [-0.4, -0.2) is 25.2 Å². The number of amides is 1. The van der Waals surface area contributed by atoms with E-state index in [4.69, 9.17) is 10.5 Å². The van der Waals surface area contributed by atoms with Gasteiger partial charge in [-0.05, 0) is 37.3 Å². The minimum absolute atomic E-state index is 0.0842. The average molecular weight is 304 g/mol. The normalized spacial score (nSPS) is 15.6. The summed E-state index contributed by atoms with van der Waals surface area (Å²) in [6.07, 6.45) is 8.85. The maximum Gasteiger partial charge on any atom is 0.220 e. The number of hydrogen-bond acceptors (Lipinski definition) is 3. The summed E-state index contributed by atoms with van der Waals surface area (Å²) in [5.74, 6) is 0.0842. The predicted octanol–water partition coefficient (Wildman–Crippen LogP) is 3.06. The molecule has 1 aromatic rings. The summed E-state index contributed by atoms with van der Waals surface area (Å²) in [6.45, 7) is 1.44. The third-order valence-electron chi connectivity index (χ3n) is 4.23. The fourth-order valence-electron chi connectivity index (χ4n) is 2.88. The number of para-hydroxylation sites is 1. The molecular weight excluding hydrogens is 276 g/mol. The number of benzene rings is 1. The van der Waals surface area contributed by atoms with Gasteiger partial charge < -0.3 is 15.8 Å². The second-order valence-corrected chi connectivity index (χ2v) is 6.03. The van der Waals surface area contributed by atoms with Crippen molar-refractivity contribution in [2.75, 3.05) is 18.9 Å². The molecule has 0 spiro atoms. The Balaban J connectivity index is 1.51. The van der Waals surface area contributed by atoms with Gasteiger partial charge in [-0.3, -0.25) is 4.79 Å². The summed E-state index contributed by atoms with van der Waals surface area (Å²) >= 11 is 0. The highest BCUT2D eigenvalue weighted by Gasteiger charge is 2.13. The molecule has 0 bridgehead atoms. The predicted molar refractivity (Wildman–Crippen MR) is 89.6 cm³/mol. The molecule has 1 aliphatic carbocycles. The summed E-state index contributed by atoms with van der Waals surface area (Å²) in [4.78, 5) is 11.8. The van der Waals surface area contributed by atoms with Gasteiger partial charge in [0.1, 0.15) is 0 Å². The standard InChI is InChI=1S/C18H28N2O2/c19-17-10-5-4-7-15(17)11-12-18(21)20-13-6-14-22-16-8-2-1-3-9-16/h4-5,7,10,16H,1-3,6,8-9,11-14,19H2,(H,20,21). The van der Waals surface area contributed by atoms with E-state index in [0.717, 1.165) is 24.3 Å². The second kappa shape index (κ2) is 9.46. The molecule has 0 unspecified atom stereocenters. The summed E-state index contributed by atoms with van der Waals surface area (Å²) < 4.78 is 5.84. The van der Waals surface area contributed by atoms with Crippen molar-refractivity contribution < 1.29 is 9.53 Å². The second-order valence-electron chi connectivity index (χ2n) is 6.03. The van der Waals surface area contributed by atoms with Gasteiger partial charge in [-0.15, -0.1) is 0 Å². The zero-order valence-electron chi connectivity index (χ0n) is 13.4. The van der Waals surface area contributed by atoms with Gasteiger partial charge in [0.15, 0.2) is 0 Å². The van der Waals surface area contributed by atoms with E-state index in [9.17, 15) is 4.79 Å². The SMILES string of the molecule is Nc1ccccc1CCC(=O)NCCCOC1CCCCC1. The minimum Gasteiger partial charge on any atom is -0.399 e. The molecule has 0 aromatic heterocycles. The zero-order chi connectivity index (χ0) is 15.6. The highest BCUT2D eigenvalue weighted by Crippen LogP contribution is 2.20. The van der Waals surface area contributed by atoms with Crippen LogP contribution in [0, 0.1) is 0 Å². The van der Waals surface area contributed by atoms with Crippen molar-refractivity contribution >= 4 is 11.6 Å². The lowest BCUT2D eigenvalue weighted by atomic mass is 9.98. The van der Waals surface area contributed by atoms with Crippen LogP contribution in [0.25, 0.3) is 0 Å². The van der Waals surface area contributed by atoms with Gasteiger partial charge in [0.25, 0.3) is 0 Å². The Hall–Kier alpha value is -1.55. The largest absolute Gasteiger partial charge is 0.399 e. The van der Waals surface area contributed by atoms with Crippen molar-refractivity contribution in [1.82, 2.24) is 5.32 Å². The number of anilines is 1. The van der Waals surface area contributed by atoms with Crippen LogP contribution in [-0.2, 0) is 16.0 Å². The first-order chi connectivity index (χ1) is 10.8.